The number of amides is 2. The molecule has 0 atom stereocenters. The van der Waals surface area contributed by atoms with E-state index in [-0.39, 0.29) is 23.4 Å². The Morgan fingerprint density at radius 3 is 2.76 bits per heavy atom. The molecular formula is C23H21N7O3S. The molecule has 0 saturated carbocycles. The summed E-state index contributed by atoms with van der Waals surface area (Å²) >= 11 is 1.43. The monoisotopic (exact) mass is 475 g/mol. The summed E-state index contributed by atoms with van der Waals surface area (Å²) in [5.41, 5.74) is 9.57. The first kappa shape index (κ1) is 21.7. The molecule has 1 saturated heterocycles. The number of carbonyl (C=O) groups excluding carboxylic acids is 2. The molecule has 4 aromatic rings. The Bertz CT molecular complexity index is 1320. The van der Waals surface area contributed by atoms with Crippen LogP contribution in [0.3, 0.4) is 0 Å². The van der Waals surface area contributed by atoms with Gasteiger partial charge in [0.2, 0.25) is 0 Å². The second-order valence-corrected chi connectivity index (χ2v) is 8.70. The summed E-state index contributed by atoms with van der Waals surface area (Å²) in [7, 11) is 0. The van der Waals surface area contributed by atoms with Gasteiger partial charge in [0.25, 0.3) is 11.8 Å². The van der Waals surface area contributed by atoms with Crippen molar-refractivity contribution in [3.8, 4) is 0 Å². The van der Waals surface area contributed by atoms with Crippen molar-refractivity contribution in [3.63, 3.8) is 0 Å². The molecule has 0 radical (unpaired) electrons. The quantitative estimate of drug-likeness (QED) is 0.257. The number of hydrazone groups is 1. The van der Waals surface area contributed by atoms with Gasteiger partial charge in [0.15, 0.2) is 11.6 Å². The topological polar surface area (TPSA) is 140 Å². The molecule has 5 rings (SSSR count). The van der Waals surface area contributed by atoms with Crippen LogP contribution in [0.4, 0.5) is 0 Å². The van der Waals surface area contributed by atoms with Crippen LogP contribution in [-0.4, -0.2) is 50.6 Å². The van der Waals surface area contributed by atoms with Crippen molar-refractivity contribution in [2.45, 2.75) is 18.8 Å². The zero-order chi connectivity index (χ0) is 23.5. The largest absolute Gasteiger partial charge is 0.451 e. The summed E-state index contributed by atoms with van der Waals surface area (Å²) in [6, 6.07) is 9.36. The molecule has 3 aromatic heterocycles. The number of hydrogen-bond donors (Lipinski definition) is 2. The Balaban J connectivity index is 1.18. The molecule has 2 amide bonds. The fourth-order valence-electron chi connectivity index (χ4n) is 3.81. The van der Waals surface area contributed by atoms with Crippen molar-refractivity contribution in [2.24, 2.45) is 10.8 Å². The summed E-state index contributed by atoms with van der Waals surface area (Å²) in [6.45, 7) is 1.20. The molecular weight excluding hydrogens is 454 g/mol. The minimum absolute atomic E-state index is 0.0541. The van der Waals surface area contributed by atoms with Gasteiger partial charge in [-0.25, -0.2) is 15.4 Å². The van der Waals surface area contributed by atoms with Gasteiger partial charge >= 0.3 is 0 Å². The molecule has 1 aliphatic heterocycles. The average Bonchev–Trinajstić information content (AvgIpc) is 3.55. The van der Waals surface area contributed by atoms with E-state index in [9.17, 15) is 9.59 Å². The lowest BCUT2D eigenvalue weighted by Crippen LogP contribution is -2.37. The van der Waals surface area contributed by atoms with Crippen LogP contribution < -0.4 is 11.2 Å². The van der Waals surface area contributed by atoms with Gasteiger partial charge in [-0.2, -0.15) is 5.10 Å². The fraction of sp³-hybridized carbons (Fsp3) is 0.217. The third-order valence-corrected chi connectivity index (χ3v) is 6.63. The van der Waals surface area contributed by atoms with Crippen LogP contribution in [0.25, 0.3) is 11.0 Å². The van der Waals surface area contributed by atoms with Gasteiger partial charge < -0.3 is 15.1 Å². The van der Waals surface area contributed by atoms with E-state index >= 15 is 0 Å². The molecule has 0 unspecified atom stereocenters. The van der Waals surface area contributed by atoms with Crippen LogP contribution in [0.15, 0.2) is 63.8 Å². The van der Waals surface area contributed by atoms with E-state index < -0.39 is 5.91 Å². The van der Waals surface area contributed by atoms with E-state index in [1.54, 1.807) is 16.3 Å². The number of furan rings is 1. The van der Waals surface area contributed by atoms with Crippen LogP contribution in [0.1, 0.15) is 50.5 Å². The maximum Gasteiger partial charge on any atom is 0.290 e. The molecule has 11 heteroatoms. The smallest absolute Gasteiger partial charge is 0.290 e. The Morgan fingerprint density at radius 2 is 2.00 bits per heavy atom. The molecule has 1 aliphatic rings. The number of likely N-dealkylation sites (tertiary alicyclic amines) is 1. The van der Waals surface area contributed by atoms with Crippen molar-refractivity contribution in [1.29, 1.82) is 0 Å². The molecule has 10 nitrogen and oxygen atoms in total. The van der Waals surface area contributed by atoms with Gasteiger partial charge in [-0.05, 0) is 25.0 Å². The number of carbonyl (C=O) groups is 2. The van der Waals surface area contributed by atoms with Crippen molar-refractivity contribution in [3.05, 3.63) is 76.5 Å². The molecule has 3 N–H and O–H groups in total. The number of aromatic nitrogens is 3. The molecule has 0 bridgehead atoms. The third kappa shape index (κ3) is 4.50. The number of piperidine rings is 1. The zero-order valence-corrected chi connectivity index (χ0v) is 18.9. The Morgan fingerprint density at radius 1 is 1.18 bits per heavy atom. The highest BCUT2D eigenvalue weighted by Crippen LogP contribution is 2.31. The van der Waals surface area contributed by atoms with Gasteiger partial charge in [0.05, 0.1) is 11.2 Å². The second kappa shape index (κ2) is 9.40. The lowest BCUT2D eigenvalue weighted by molar-refractivity contribution is 0.0683. The van der Waals surface area contributed by atoms with Crippen molar-refractivity contribution in [2.75, 3.05) is 13.1 Å². The van der Waals surface area contributed by atoms with E-state index in [2.05, 4.69) is 25.5 Å². The van der Waals surface area contributed by atoms with Crippen LogP contribution in [0.5, 0.6) is 0 Å². The van der Waals surface area contributed by atoms with E-state index in [4.69, 9.17) is 10.2 Å². The summed E-state index contributed by atoms with van der Waals surface area (Å²) in [6.07, 6.45) is 5.99. The Kier molecular flexibility index (Phi) is 6.00. The lowest BCUT2D eigenvalue weighted by Gasteiger charge is -2.30. The number of fused-ring (bicyclic) bond motifs is 1. The minimum atomic E-state index is -0.452. The van der Waals surface area contributed by atoms with Crippen molar-refractivity contribution in [1.82, 2.24) is 25.3 Å². The molecule has 0 aliphatic carbocycles. The summed E-state index contributed by atoms with van der Waals surface area (Å²) < 4.78 is 5.72. The number of rotatable bonds is 5. The molecule has 4 heterocycles. The lowest BCUT2D eigenvalue weighted by atomic mass is 9.97. The number of nitrogens with two attached hydrogens (primary N) is 1. The first-order valence-corrected chi connectivity index (χ1v) is 11.6. The Hall–Kier alpha value is -4.12. The second-order valence-electron chi connectivity index (χ2n) is 7.81. The Labute approximate surface area is 198 Å². The normalized spacial score (nSPS) is 14.9. The SMILES string of the molecule is N/C(=N/NC(=O)c1csc(C2CCN(C(=O)c3cc4ccccc4o3)CC2)n1)c1cnccn1. The predicted molar refractivity (Wildman–Crippen MR) is 126 cm³/mol. The van der Waals surface area contributed by atoms with E-state index in [0.717, 1.165) is 23.2 Å². The van der Waals surface area contributed by atoms with Crippen molar-refractivity contribution < 1.29 is 14.0 Å². The predicted octanol–water partition coefficient (Wildman–Crippen LogP) is 2.75. The number of benzene rings is 1. The van der Waals surface area contributed by atoms with E-state index in [0.29, 0.717) is 30.1 Å². The average molecular weight is 476 g/mol. The van der Waals surface area contributed by atoms with Crippen LogP contribution in [0, 0.1) is 0 Å². The molecule has 1 aromatic carbocycles. The van der Waals surface area contributed by atoms with Gasteiger partial charge in [-0.15, -0.1) is 11.3 Å². The first-order chi connectivity index (χ1) is 16.6. The number of hydrogen-bond acceptors (Lipinski definition) is 8. The zero-order valence-electron chi connectivity index (χ0n) is 18.0. The molecule has 0 spiro atoms. The maximum atomic E-state index is 12.9. The van der Waals surface area contributed by atoms with Crippen LogP contribution in [-0.2, 0) is 0 Å². The number of amidine groups is 1. The van der Waals surface area contributed by atoms with Gasteiger partial charge in [0.1, 0.15) is 17.0 Å². The fourth-order valence-corrected chi connectivity index (χ4v) is 4.78. The van der Waals surface area contributed by atoms with Crippen molar-refractivity contribution >= 4 is 40.0 Å². The third-order valence-electron chi connectivity index (χ3n) is 5.63. The molecule has 172 valence electrons. The molecule has 1 fully saturated rings. The summed E-state index contributed by atoms with van der Waals surface area (Å²) in [4.78, 5) is 39.5. The number of para-hydroxylation sites is 1. The van der Waals surface area contributed by atoms with Gasteiger partial charge in [-0.1, -0.05) is 18.2 Å². The standard InChI is InChI=1S/C23H21N7O3S/c24-20(16-12-25-7-8-26-16)28-29-21(31)17-13-34-22(27-17)14-5-9-30(10-6-14)23(32)19-11-15-3-1-2-4-18(15)33-19/h1-4,7-8,11-14H,5-6,9-10H2,(H2,24,28)(H,29,31). The number of nitrogens with zero attached hydrogens (tertiary/aromatic N) is 5. The van der Waals surface area contributed by atoms with Gasteiger partial charge in [-0.3, -0.25) is 14.6 Å². The van der Waals surface area contributed by atoms with Gasteiger partial charge in [0, 0.05) is 42.2 Å². The number of thiazole rings is 1. The summed E-state index contributed by atoms with van der Waals surface area (Å²) in [5, 5.41) is 7.35. The highest BCUT2D eigenvalue weighted by molar-refractivity contribution is 7.09. The minimum Gasteiger partial charge on any atom is -0.451 e. The van der Waals surface area contributed by atoms with E-state index in [1.807, 2.05) is 24.3 Å². The highest BCUT2D eigenvalue weighted by atomic mass is 32.1. The first-order valence-electron chi connectivity index (χ1n) is 10.7. The van der Waals surface area contributed by atoms with Crippen LogP contribution >= 0.6 is 11.3 Å². The maximum absolute atomic E-state index is 12.9. The highest BCUT2D eigenvalue weighted by Gasteiger charge is 2.28. The van der Waals surface area contributed by atoms with E-state index in [1.165, 1.54) is 29.9 Å². The number of nitrogens with one attached hydrogen (secondary N) is 1. The molecule has 34 heavy (non-hydrogen) atoms. The van der Waals surface area contributed by atoms with Crippen LogP contribution in [0.2, 0.25) is 0 Å². The summed E-state index contributed by atoms with van der Waals surface area (Å²) in [5.74, 6) is 0.0336.